The van der Waals surface area contributed by atoms with Gasteiger partial charge in [0.15, 0.2) is 0 Å². The number of hydrogen-bond donors (Lipinski definition) is 1. The van der Waals surface area contributed by atoms with Crippen LogP contribution in [0.25, 0.3) is 5.69 Å². The van der Waals surface area contributed by atoms with E-state index in [0.717, 1.165) is 17.7 Å². The first-order valence-corrected chi connectivity index (χ1v) is 10.2. The molecule has 0 aliphatic heterocycles. The highest BCUT2D eigenvalue weighted by Gasteiger charge is 2.21. The first kappa shape index (κ1) is 20.1. The van der Waals surface area contributed by atoms with Gasteiger partial charge in [0.2, 0.25) is 11.1 Å². The van der Waals surface area contributed by atoms with E-state index in [4.69, 9.17) is 0 Å². The molecule has 0 aliphatic rings. The third kappa shape index (κ3) is 4.24. The predicted molar refractivity (Wildman–Crippen MR) is 110 cm³/mol. The molecule has 0 saturated heterocycles. The second kappa shape index (κ2) is 8.55. The van der Waals surface area contributed by atoms with Crippen LogP contribution in [0.2, 0.25) is 0 Å². The second-order valence-corrected chi connectivity index (χ2v) is 8.14. The van der Waals surface area contributed by atoms with Crippen molar-refractivity contribution in [2.24, 2.45) is 0 Å². The number of nitrogens with one attached hydrogen (secondary N) is 1. The molecule has 0 fully saturated rings. The second-order valence-electron chi connectivity index (χ2n) is 6.83. The van der Waals surface area contributed by atoms with Crippen LogP contribution in [-0.2, 0) is 4.79 Å². The zero-order valence-corrected chi connectivity index (χ0v) is 17.6. The fraction of sp³-hybridized carbons (Fsp3) is 0.421. The van der Waals surface area contributed by atoms with Gasteiger partial charge in [-0.25, -0.2) is 4.68 Å². The summed E-state index contributed by atoms with van der Waals surface area (Å²) in [5.74, 6) is 0.575. The average Bonchev–Trinajstić information content (AvgIpc) is 3.30. The zero-order valence-electron chi connectivity index (χ0n) is 16.7. The molecule has 3 rings (SSSR count). The lowest BCUT2D eigenvalue weighted by Gasteiger charge is -2.16. The molecule has 28 heavy (non-hydrogen) atoms. The molecule has 1 amide bonds. The van der Waals surface area contributed by atoms with Crippen molar-refractivity contribution in [3.8, 4) is 5.69 Å². The predicted octanol–water partition coefficient (Wildman–Crippen LogP) is 3.57. The van der Waals surface area contributed by atoms with Crippen molar-refractivity contribution in [1.82, 2.24) is 30.0 Å². The van der Waals surface area contributed by atoms with Crippen LogP contribution in [0, 0.1) is 13.8 Å². The molecule has 2 aromatic heterocycles. The summed E-state index contributed by atoms with van der Waals surface area (Å²) in [6.45, 7) is 10.1. The zero-order chi connectivity index (χ0) is 20.3. The standard InChI is InChI=1S/C19H25N7OS/c1-6-14(4)25-17(9-10-20-25)21-18(27)15(5)28-19-22-23-24-26(19)16-8-7-12(2)11-13(16)3/h7-11,14-15H,6H2,1-5H3,(H,21,27)/t14-,15-/m0/s1. The number of carbonyl (C=O) groups excluding carboxylic acids is 1. The summed E-state index contributed by atoms with van der Waals surface area (Å²) >= 11 is 1.32. The van der Waals surface area contributed by atoms with Crippen molar-refractivity contribution in [1.29, 1.82) is 0 Å². The Morgan fingerprint density at radius 3 is 2.75 bits per heavy atom. The van der Waals surface area contributed by atoms with Gasteiger partial charge in [-0.1, -0.05) is 36.4 Å². The van der Waals surface area contributed by atoms with Gasteiger partial charge in [-0.15, -0.1) is 5.10 Å². The third-order valence-corrected chi connectivity index (χ3v) is 5.64. The van der Waals surface area contributed by atoms with Crippen molar-refractivity contribution in [2.75, 3.05) is 5.32 Å². The largest absolute Gasteiger partial charge is 0.310 e. The number of thioether (sulfide) groups is 1. The lowest BCUT2D eigenvalue weighted by atomic mass is 10.1. The van der Waals surface area contributed by atoms with Crippen LogP contribution in [0.4, 0.5) is 5.82 Å². The molecule has 3 aromatic rings. The summed E-state index contributed by atoms with van der Waals surface area (Å²) in [5.41, 5.74) is 3.15. The molecule has 9 heteroatoms. The SMILES string of the molecule is CC[C@H](C)n1nccc1NC(=O)[C@H](C)Sc1nnnn1-c1ccc(C)cc1C. The van der Waals surface area contributed by atoms with E-state index in [1.165, 1.54) is 17.3 Å². The van der Waals surface area contributed by atoms with Crippen LogP contribution in [0.1, 0.15) is 44.4 Å². The van der Waals surface area contributed by atoms with E-state index in [0.29, 0.717) is 11.0 Å². The van der Waals surface area contributed by atoms with E-state index >= 15 is 0 Å². The van der Waals surface area contributed by atoms with Crippen molar-refractivity contribution < 1.29 is 4.79 Å². The number of benzene rings is 1. The number of rotatable bonds is 7. The van der Waals surface area contributed by atoms with Crippen LogP contribution in [0.5, 0.6) is 0 Å². The van der Waals surface area contributed by atoms with Crippen LogP contribution in [0.15, 0.2) is 35.6 Å². The van der Waals surface area contributed by atoms with Crippen molar-refractivity contribution in [3.63, 3.8) is 0 Å². The molecule has 0 radical (unpaired) electrons. The Labute approximate surface area is 168 Å². The number of aromatic nitrogens is 6. The van der Waals surface area contributed by atoms with Crippen LogP contribution in [-0.4, -0.2) is 41.1 Å². The van der Waals surface area contributed by atoms with Gasteiger partial charge in [-0.3, -0.25) is 4.79 Å². The Balaban J connectivity index is 1.74. The molecular formula is C19H25N7OS. The number of carbonyl (C=O) groups is 1. The minimum Gasteiger partial charge on any atom is -0.310 e. The Hall–Kier alpha value is -2.68. The number of tetrazole rings is 1. The first-order chi connectivity index (χ1) is 13.4. The van der Waals surface area contributed by atoms with Crippen molar-refractivity contribution >= 4 is 23.5 Å². The van der Waals surface area contributed by atoms with Gasteiger partial charge in [-0.05, 0) is 56.2 Å². The van der Waals surface area contributed by atoms with Gasteiger partial charge >= 0.3 is 0 Å². The Morgan fingerprint density at radius 2 is 2.04 bits per heavy atom. The van der Waals surface area contributed by atoms with Gasteiger partial charge in [0.25, 0.3) is 0 Å². The molecule has 0 unspecified atom stereocenters. The summed E-state index contributed by atoms with van der Waals surface area (Å²) in [4.78, 5) is 12.7. The van der Waals surface area contributed by atoms with Crippen LogP contribution in [0.3, 0.4) is 0 Å². The molecule has 2 heterocycles. The molecular weight excluding hydrogens is 374 g/mol. The monoisotopic (exact) mass is 399 g/mol. The summed E-state index contributed by atoms with van der Waals surface area (Å²) < 4.78 is 3.50. The highest BCUT2D eigenvalue weighted by molar-refractivity contribution is 8.00. The number of hydrogen-bond acceptors (Lipinski definition) is 6. The van der Waals surface area contributed by atoms with E-state index in [2.05, 4.69) is 45.9 Å². The smallest absolute Gasteiger partial charge is 0.238 e. The van der Waals surface area contributed by atoms with Crippen molar-refractivity contribution in [2.45, 2.75) is 57.5 Å². The summed E-state index contributed by atoms with van der Waals surface area (Å²) in [6, 6.07) is 8.11. The highest BCUT2D eigenvalue weighted by atomic mass is 32.2. The number of anilines is 1. The maximum absolute atomic E-state index is 12.7. The highest BCUT2D eigenvalue weighted by Crippen LogP contribution is 2.26. The average molecular weight is 400 g/mol. The minimum absolute atomic E-state index is 0.120. The van der Waals surface area contributed by atoms with E-state index in [1.807, 2.05) is 37.6 Å². The Kier molecular flexibility index (Phi) is 6.13. The lowest BCUT2D eigenvalue weighted by Crippen LogP contribution is -2.25. The van der Waals surface area contributed by atoms with Crippen LogP contribution >= 0.6 is 11.8 Å². The van der Waals surface area contributed by atoms with Gasteiger partial charge in [0.05, 0.1) is 23.2 Å². The molecule has 0 bridgehead atoms. The van der Waals surface area contributed by atoms with Crippen molar-refractivity contribution in [3.05, 3.63) is 41.6 Å². The van der Waals surface area contributed by atoms with Crippen LogP contribution < -0.4 is 5.32 Å². The van der Waals surface area contributed by atoms with Gasteiger partial charge in [-0.2, -0.15) is 9.78 Å². The number of aryl methyl sites for hydroxylation is 2. The molecule has 0 saturated carbocycles. The molecule has 1 N–H and O–H groups in total. The lowest BCUT2D eigenvalue weighted by molar-refractivity contribution is -0.115. The molecule has 0 aliphatic carbocycles. The summed E-state index contributed by atoms with van der Waals surface area (Å²) in [5, 5.41) is 19.5. The van der Waals surface area contributed by atoms with E-state index < -0.39 is 0 Å². The molecule has 8 nitrogen and oxygen atoms in total. The van der Waals surface area contributed by atoms with Gasteiger partial charge < -0.3 is 5.32 Å². The number of amides is 1. The fourth-order valence-electron chi connectivity index (χ4n) is 2.82. The quantitative estimate of drug-likeness (QED) is 0.611. The molecule has 148 valence electrons. The number of nitrogens with zero attached hydrogens (tertiary/aromatic N) is 6. The minimum atomic E-state index is -0.379. The molecule has 0 spiro atoms. The van der Waals surface area contributed by atoms with Gasteiger partial charge in [0.1, 0.15) is 5.82 Å². The maximum atomic E-state index is 12.7. The third-order valence-electron chi connectivity index (χ3n) is 4.60. The normalized spacial score (nSPS) is 13.3. The first-order valence-electron chi connectivity index (χ1n) is 9.27. The molecule has 1 aromatic carbocycles. The fourth-order valence-corrected chi connectivity index (χ4v) is 3.62. The summed E-state index contributed by atoms with van der Waals surface area (Å²) in [7, 11) is 0. The van der Waals surface area contributed by atoms with E-state index in [9.17, 15) is 4.79 Å². The Morgan fingerprint density at radius 1 is 1.25 bits per heavy atom. The van der Waals surface area contributed by atoms with E-state index in [-0.39, 0.29) is 17.2 Å². The topological polar surface area (TPSA) is 90.5 Å². The maximum Gasteiger partial charge on any atom is 0.238 e. The molecule has 2 atom stereocenters. The summed E-state index contributed by atoms with van der Waals surface area (Å²) in [6.07, 6.45) is 2.62. The van der Waals surface area contributed by atoms with E-state index in [1.54, 1.807) is 16.9 Å². The Bertz CT molecular complexity index is 965. The van der Waals surface area contributed by atoms with Gasteiger partial charge in [0, 0.05) is 6.07 Å².